The number of aromatic nitrogens is 1. The molecule has 0 bridgehead atoms. The summed E-state index contributed by atoms with van der Waals surface area (Å²) >= 11 is 0. The zero-order valence-corrected chi connectivity index (χ0v) is 9.91. The molecule has 1 rings (SSSR count). The predicted molar refractivity (Wildman–Crippen MR) is 46.1 cm³/mol. The van der Waals surface area contributed by atoms with Crippen molar-refractivity contribution >= 4 is 5.90 Å². The topological polar surface area (TPSA) is 37.0 Å². The van der Waals surface area contributed by atoms with Gasteiger partial charge in [-0.3, -0.25) is 5.41 Å². The van der Waals surface area contributed by atoms with Gasteiger partial charge in [0.2, 0.25) is 5.90 Å². The van der Waals surface area contributed by atoms with E-state index in [1.54, 1.807) is 0 Å². The standard InChI is InChI=1S/C9H13N2O.HI/c1-3-12-9(10)8-4-6-11(2)7-5-8;/h4-7,10H,3H2,1-2H3;1H/q+1;/p-1. The van der Waals surface area contributed by atoms with Gasteiger partial charge < -0.3 is 28.7 Å². The molecule has 0 radical (unpaired) electrons. The minimum atomic E-state index is 0. The highest BCUT2D eigenvalue weighted by Crippen LogP contribution is 1.97. The lowest BCUT2D eigenvalue weighted by atomic mass is 10.3. The molecule has 72 valence electrons. The Balaban J connectivity index is 0.00000144. The molecule has 0 atom stereocenters. The summed E-state index contributed by atoms with van der Waals surface area (Å²) in [5, 5.41) is 7.47. The first kappa shape index (κ1) is 12.3. The fourth-order valence-electron chi connectivity index (χ4n) is 0.880. The van der Waals surface area contributed by atoms with Crippen molar-refractivity contribution in [3.05, 3.63) is 30.1 Å². The molecule has 0 aliphatic heterocycles. The average Bonchev–Trinajstić information content (AvgIpc) is 2.06. The number of ether oxygens (including phenoxy) is 1. The Kier molecular flexibility index (Phi) is 5.61. The molecule has 0 saturated heterocycles. The van der Waals surface area contributed by atoms with E-state index in [-0.39, 0.29) is 29.9 Å². The summed E-state index contributed by atoms with van der Waals surface area (Å²) in [5.41, 5.74) is 0.815. The molecule has 1 heterocycles. The maximum atomic E-state index is 7.47. The highest BCUT2D eigenvalue weighted by Gasteiger charge is 2.02. The summed E-state index contributed by atoms with van der Waals surface area (Å²) in [6, 6.07) is 3.72. The summed E-state index contributed by atoms with van der Waals surface area (Å²) in [6.45, 7) is 2.41. The van der Waals surface area contributed by atoms with Crippen molar-refractivity contribution in [1.82, 2.24) is 0 Å². The molecular weight excluding hydrogens is 279 g/mol. The van der Waals surface area contributed by atoms with Crippen LogP contribution < -0.4 is 28.5 Å². The van der Waals surface area contributed by atoms with Crippen molar-refractivity contribution in [3.8, 4) is 0 Å². The van der Waals surface area contributed by atoms with E-state index in [4.69, 9.17) is 10.1 Å². The number of hydrogen-bond acceptors (Lipinski definition) is 2. The number of halogens is 1. The Bertz CT molecular complexity index is 271. The molecule has 0 aliphatic rings. The average molecular weight is 292 g/mol. The maximum absolute atomic E-state index is 7.47. The van der Waals surface area contributed by atoms with Crippen LogP contribution in [0.25, 0.3) is 0 Å². The highest BCUT2D eigenvalue weighted by molar-refractivity contribution is 5.91. The SMILES string of the molecule is CCOC(=N)c1cc[n+](C)cc1.[I-]. The Labute approximate surface area is 95.3 Å². The van der Waals surface area contributed by atoms with Crippen LogP contribution in [0.4, 0.5) is 0 Å². The van der Waals surface area contributed by atoms with Crippen LogP contribution in [-0.2, 0) is 11.8 Å². The lowest BCUT2D eigenvalue weighted by Gasteiger charge is -2.02. The molecule has 1 aromatic rings. The van der Waals surface area contributed by atoms with E-state index >= 15 is 0 Å². The van der Waals surface area contributed by atoms with Crippen molar-refractivity contribution in [2.75, 3.05) is 6.61 Å². The Morgan fingerprint density at radius 3 is 2.46 bits per heavy atom. The molecule has 4 heteroatoms. The first-order valence-corrected chi connectivity index (χ1v) is 3.91. The van der Waals surface area contributed by atoms with Gasteiger partial charge in [-0.15, -0.1) is 0 Å². The van der Waals surface area contributed by atoms with Crippen molar-refractivity contribution in [2.24, 2.45) is 7.05 Å². The predicted octanol–water partition coefficient (Wildman–Crippen LogP) is -2.12. The number of rotatable bonds is 2. The normalized spacial score (nSPS) is 8.77. The first-order valence-electron chi connectivity index (χ1n) is 3.91. The van der Waals surface area contributed by atoms with Crippen LogP contribution in [0.1, 0.15) is 12.5 Å². The summed E-state index contributed by atoms with van der Waals surface area (Å²) in [6.07, 6.45) is 3.78. The van der Waals surface area contributed by atoms with Crippen LogP contribution >= 0.6 is 0 Å². The third-order valence-corrected chi connectivity index (χ3v) is 1.53. The maximum Gasteiger partial charge on any atom is 0.213 e. The molecule has 0 unspecified atom stereocenters. The van der Waals surface area contributed by atoms with Gasteiger partial charge in [0, 0.05) is 17.7 Å². The molecule has 1 aromatic heterocycles. The second kappa shape index (κ2) is 5.90. The van der Waals surface area contributed by atoms with E-state index in [1.165, 1.54) is 0 Å². The van der Waals surface area contributed by atoms with Crippen molar-refractivity contribution in [2.45, 2.75) is 6.92 Å². The fourth-order valence-corrected chi connectivity index (χ4v) is 0.880. The third-order valence-electron chi connectivity index (χ3n) is 1.53. The van der Waals surface area contributed by atoms with Crippen LogP contribution in [0, 0.1) is 5.41 Å². The molecule has 0 fully saturated rings. The quantitative estimate of drug-likeness (QED) is 0.288. The minimum Gasteiger partial charge on any atom is -1.00 e. The van der Waals surface area contributed by atoms with Crippen LogP contribution in [-0.4, -0.2) is 12.5 Å². The van der Waals surface area contributed by atoms with Crippen LogP contribution in [0.15, 0.2) is 24.5 Å². The molecular formula is C9H13IN2O. The van der Waals surface area contributed by atoms with Crippen molar-refractivity contribution in [3.63, 3.8) is 0 Å². The van der Waals surface area contributed by atoms with Gasteiger partial charge in [-0.2, -0.15) is 0 Å². The van der Waals surface area contributed by atoms with E-state index in [9.17, 15) is 0 Å². The van der Waals surface area contributed by atoms with E-state index in [1.807, 2.05) is 43.1 Å². The fraction of sp³-hybridized carbons (Fsp3) is 0.333. The van der Waals surface area contributed by atoms with Gasteiger partial charge in [0.15, 0.2) is 12.4 Å². The number of nitrogens with one attached hydrogen (secondary N) is 1. The molecule has 0 spiro atoms. The van der Waals surface area contributed by atoms with E-state index in [0.717, 1.165) is 5.56 Å². The monoisotopic (exact) mass is 292 g/mol. The van der Waals surface area contributed by atoms with E-state index in [0.29, 0.717) is 6.61 Å². The van der Waals surface area contributed by atoms with Crippen LogP contribution in [0.2, 0.25) is 0 Å². The summed E-state index contributed by atoms with van der Waals surface area (Å²) in [7, 11) is 1.94. The third kappa shape index (κ3) is 3.71. The Hall–Kier alpha value is -0.650. The largest absolute Gasteiger partial charge is 1.00 e. The molecule has 0 aliphatic carbocycles. The Morgan fingerprint density at radius 2 is 2.00 bits per heavy atom. The van der Waals surface area contributed by atoms with Gasteiger partial charge in [-0.25, -0.2) is 4.57 Å². The van der Waals surface area contributed by atoms with Gasteiger partial charge in [0.25, 0.3) is 0 Å². The summed E-state index contributed by atoms with van der Waals surface area (Å²) in [4.78, 5) is 0. The van der Waals surface area contributed by atoms with Gasteiger partial charge >= 0.3 is 0 Å². The summed E-state index contributed by atoms with van der Waals surface area (Å²) < 4.78 is 6.96. The van der Waals surface area contributed by atoms with Crippen LogP contribution in [0.5, 0.6) is 0 Å². The van der Waals surface area contributed by atoms with Gasteiger partial charge in [-0.05, 0) is 6.92 Å². The molecule has 13 heavy (non-hydrogen) atoms. The first-order chi connectivity index (χ1) is 5.74. The molecule has 0 amide bonds. The zero-order chi connectivity index (χ0) is 8.97. The van der Waals surface area contributed by atoms with Gasteiger partial charge in [-0.1, -0.05) is 0 Å². The zero-order valence-electron chi connectivity index (χ0n) is 7.75. The molecule has 3 nitrogen and oxygen atoms in total. The number of pyridine rings is 1. The van der Waals surface area contributed by atoms with Gasteiger partial charge in [0.1, 0.15) is 7.05 Å². The van der Waals surface area contributed by atoms with Crippen LogP contribution in [0.3, 0.4) is 0 Å². The molecule has 0 saturated carbocycles. The second-order valence-corrected chi connectivity index (χ2v) is 2.51. The lowest BCUT2D eigenvalue weighted by molar-refractivity contribution is -0.671. The number of hydrogen-bond donors (Lipinski definition) is 1. The number of nitrogens with zero attached hydrogens (tertiary/aromatic N) is 1. The molecule has 0 aromatic carbocycles. The van der Waals surface area contributed by atoms with Crippen molar-refractivity contribution < 1.29 is 33.3 Å². The smallest absolute Gasteiger partial charge is 0.213 e. The number of aryl methyl sites for hydroxylation is 1. The van der Waals surface area contributed by atoms with Gasteiger partial charge in [0.05, 0.1) is 6.61 Å². The van der Waals surface area contributed by atoms with E-state index in [2.05, 4.69) is 0 Å². The second-order valence-electron chi connectivity index (χ2n) is 2.51. The Morgan fingerprint density at radius 1 is 1.46 bits per heavy atom. The lowest BCUT2D eigenvalue weighted by Crippen LogP contribution is -3.00. The minimum absolute atomic E-state index is 0. The highest BCUT2D eigenvalue weighted by atomic mass is 127. The summed E-state index contributed by atoms with van der Waals surface area (Å²) in [5.74, 6) is 0.234. The molecule has 1 N–H and O–H groups in total. The van der Waals surface area contributed by atoms with E-state index < -0.39 is 0 Å². The van der Waals surface area contributed by atoms with Crippen molar-refractivity contribution in [1.29, 1.82) is 5.41 Å².